The second-order valence-corrected chi connectivity index (χ2v) is 5.49. The van der Waals surface area contributed by atoms with Crippen LogP contribution < -0.4 is 20.5 Å². The monoisotopic (exact) mass is 280 g/mol. The molecule has 2 rings (SSSR count). The van der Waals surface area contributed by atoms with Gasteiger partial charge in [0.05, 0.1) is 13.4 Å². The normalized spacial score (nSPS) is 19.4. The van der Waals surface area contributed by atoms with Crippen LogP contribution in [0.25, 0.3) is 0 Å². The molecular weight excluding hydrogens is 256 g/mol. The van der Waals surface area contributed by atoms with Gasteiger partial charge < -0.3 is 19.9 Å². The zero-order chi connectivity index (χ0) is 14.5. The maximum Gasteiger partial charge on any atom is 0.295 e. The highest BCUT2D eigenvalue weighted by Gasteiger charge is 2.27. The van der Waals surface area contributed by atoms with Crippen molar-refractivity contribution in [1.29, 1.82) is 0 Å². The predicted molar refractivity (Wildman–Crippen MR) is 79.5 cm³/mol. The van der Waals surface area contributed by atoms with E-state index in [0.29, 0.717) is 23.7 Å². The Morgan fingerprint density at radius 2 is 2.35 bits per heavy atom. The Morgan fingerprint density at radius 1 is 1.55 bits per heavy atom. The van der Waals surface area contributed by atoms with E-state index in [1.807, 2.05) is 0 Å². The molecule has 112 valence electrons. The average molecular weight is 280 g/mol. The molecule has 6 heteroatoms. The summed E-state index contributed by atoms with van der Waals surface area (Å²) in [7, 11) is 1.51. The lowest BCUT2D eigenvalue weighted by atomic mass is 10.0. The standard InChI is InChI=1S/C14H24N4O2/c1-10(2)15-8-11-6-4-5-7-18(11)13-12(20-3)14(19)17-9-16-13/h9-11,15H,4-8H2,1-3H3,(H,16,17,19). The van der Waals surface area contributed by atoms with Crippen molar-refractivity contribution in [3.8, 4) is 5.75 Å². The molecule has 0 amide bonds. The lowest BCUT2D eigenvalue weighted by Gasteiger charge is -2.37. The number of aromatic nitrogens is 2. The fraction of sp³-hybridized carbons (Fsp3) is 0.714. The van der Waals surface area contributed by atoms with Crippen LogP contribution in [0.3, 0.4) is 0 Å². The van der Waals surface area contributed by atoms with Crippen LogP contribution in [0.5, 0.6) is 5.75 Å². The molecule has 1 saturated heterocycles. The summed E-state index contributed by atoms with van der Waals surface area (Å²) in [6.45, 7) is 6.09. The molecule has 6 nitrogen and oxygen atoms in total. The van der Waals surface area contributed by atoms with Crippen LogP contribution in [-0.2, 0) is 0 Å². The van der Waals surface area contributed by atoms with Crippen LogP contribution in [0.15, 0.2) is 11.1 Å². The quantitative estimate of drug-likeness (QED) is 0.846. The first kappa shape index (κ1) is 14.8. The summed E-state index contributed by atoms with van der Waals surface area (Å²) in [4.78, 5) is 20.9. The summed E-state index contributed by atoms with van der Waals surface area (Å²) >= 11 is 0. The lowest BCUT2D eigenvalue weighted by molar-refractivity contribution is 0.387. The first-order valence-electron chi connectivity index (χ1n) is 7.25. The number of anilines is 1. The molecule has 0 aliphatic carbocycles. The van der Waals surface area contributed by atoms with E-state index in [1.54, 1.807) is 0 Å². The molecule has 1 aromatic rings. The SMILES string of the molecule is COc1c(N2CCCCC2CNC(C)C)nc[nH]c1=O. The van der Waals surface area contributed by atoms with Gasteiger partial charge in [0.15, 0.2) is 5.82 Å². The Bertz CT molecular complexity index is 486. The summed E-state index contributed by atoms with van der Waals surface area (Å²) in [5, 5.41) is 3.47. The molecule has 20 heavy (non-hydrogen) atoms. The van der Waals surface area contributed by atoms with E-state index in [-0.39, 0.29) is 5.56 Å². The summed E-state index contributed by atoms with van der Waals surface area (Å²) in [6.07, 6.45) is 4.89. The molecule has 0 spiro atoms. The second kappa shape index (κ2) is 6.74. The Hall–Kier alpha value is -1.56. The minimum atomic E-state index is -0.223. The van der Waals surface area contributed by atoms with E-state index in [4.69, 9.17) is 4.74 Å². The largest absolute Gasteiger partial charge is 0.489 e. The number of piperidine rings is 1. The number of nitrogens with one attached hydrogen (secondary N) is 2. The average Bonchev–Trinajstić information content (AvgIpc) is 2.45. The van der Waals surface area contributed by atoms with Crippen molar-refractivity contribution in [2.24, 2.45) is 0 Å². The number of H-pyrrole nitrogens is 1. The summed E-state index contributed by atoms with van der Waals surface area (Å²) in [5.74, 6) is 0.968. The highest BCUT2D eigenvalue weighted by molar-refractivity contribution is 5.52. The van der Waals surface area contributed by atoms with Gasteiger partial charge in [0.25, 0.3) is 5.56 Å². The van der Waals surface area contributed by atoms with Crippen molar-refractivity contribution in [3.05, 3.63) is 16.7 Å². The summed E-state index contributed by atoms with van der Waals surface area (Å²) in [5.41, 5.74) is -0.223. The van der Waals surface area contributed by atoms with Crippen LogP contribution in [-0.4, -0.2) is 42.3 Å². The number of rotatable bonds is 5. The van der Waals surface area contributed by atoms with Crippen LogP contribution in [0, 0.1) is 0 Å². The fourth-order valence-electron chi connectivity index (χ4n) is 2.63. The maximum absolute atomic E-state index is 11.8. The van der Waals surface area contributed by atoms with Crippen molar-refractivity contribution in [3.63, 3.8) is 0 Å². The number of hydrogen-bond acceptors (Lipinski definition) is 5. The third kappa shape index (κ3) is 3.30. The molecule has 0 bridgehead atoms. The molecule has 0 aromatic carbocycles. The molecular formula is C14H24N4O2. The van der Waals surface area contributed by atoms with Gasteiger partial charge in [-0.05, 0) is 19.3 Å². The van der Waals surface area contributed by atoms with Crippen LogP contribution in [0.1, 0.15) is 33.1 Å². The topological polar surface area (TPSA) is 70.2 Å². The van der Waals surface area contributed by atoms with Crippen molar-refractivity contribution in [1.82, 2.24) is 15.3 Å². The Balaban J connectivity index is 2.23. The smallest absolute Gasteiger partial charge is 0.295 e. The summed E-state index contributed by atoms with van der Waals surface area (Å²) in [6, 6.07) is 0.808. The second-order valence-electron chi connectivity index (χ2n) is 5.49. The lowest BCUT2D eigenvalue weighted by Crippen LogP contribution is -2.47. The van der Waals surface area contributed by atoms with Gasteiger partial charge in [-0.3, -0.25) is 4.79 Å². The molecule has 1 unspecified atom stereocenters. The van der Waals surface area contributed by atoms with Gasteiger partial charge in [0.2, 0.25) is 5.75 Å². The molecule has 2 heterocycles. The maximum atomic E-state index is 11.8. The number of aromatic amines is 1. The molecule has 0 saturated carbocycles. The van der Waals surface area contributed by atoms with Crippen LogP contribution >= 0.6 is 0 Å². The number of hydrogen-bond donors (Lipinski definition) is 2. The van der Waals surface area contributed by atoms with Gasteiger partial charge in [0.1, 0.15) is 0 Å². The van der Waals surface area contributed by atoms with E-state index in [9.17, 15) is 4.79 Å². The highest BCUT2D eigenvalue weighted by Crippen LogP contribution is 2.27. The zero-order valence-corrected chi connectivity index (χ0v) is 12.5. The van der Waals surface area contributed by atoms with Crippen LogP contribution in [0.2, 0.25) is 0 Å². The molecule has 1 fully saturated rings. The van der Waals surface area contributed by atoms with E-state index < -0.39 is 0 Å². The molecule has 0 radical (unpaired) electrons. The molecule has 1 aliphatic heterocycles. The van der Waals surface area contributed by atoms with Gasteiger partial charge in [0, 0.05) is 25.2 Å². The predicted octanol–water partition coefficient (Wildman–Crippen LogP) is 1.14. The van der Waals surface area contributed by atoms with Gasteiger partial charge in [-0.2, -0.15) is 0 Å². The Morgan fingerprint density at radius 3 is 3.05 bits per heavy atom. The fourth-order valence-corrected chi connectivity index (χ4v) is 2.63. The molecule has 2 N–H and O–H groups in total. The van der Waals surface area contributed by atoms with Crippen molar-refractivity contribution < 1.29 is 4.74 Å². The van der Waals surface area contributed by atoms with E-state index >= 15 is 0 Å². The van der Waals surface area contributed by atoms with Crippen molar-refractivity contribution in [2.75, 3.05) is 25.1 Å². The van der Waals surface area contributed by atoms with E-state index in [0.717, 1.165) is 25.9 Å². The van der Waals surface area contributed by atoms with Gasteiger partial charge >= 0.3 is 0 Å². The van der Waals surface area contributed by atoms with Gasteiger partial charge in [-0.25, -0.2) is 4.98 Å². The number of nitrogens with zero attached hydrogens (tertiary/aromatic N) is 2. The highest BCUT2D eigenvalue weighted by atomic mass is 16.5. The van der Waals surface area contributed by atoms with E-state index in [1.165, 1.54) is 19.9 Å². The Kier molecular flexibility index (Phi) is 5.00. The first-order valence-corrected chi connectivity index (χ1v) is 7.25. The van der Waals surface area contributed by atoms with Gasteiger partial charge in [-0.1, -0.05) is 13.8 Å². The number of methoxy groups -OCH3 is 1. The van der Waals surface area contributed by atoms with Crippen molar-refractivity contribution >= 4 is 5.82 Å². The van der Waals surface area contributed by atoms with Crippen molar-refractivity contribution in [2.45, 2.75) is 45.2 Å². The summed E-state index contributed by atoms with van der Waals surface area (Å²) < 4.78 is 5.23. The zero-order valence-electron chi connectivity index (χ0n) is 12.5. The molecule has 1 aromatic heterocycles. The molecule has 1 atom stereocenters. The Labute approximate surface area is 119 Å². The first-order chi connectivity index (χ1) is 9.63. The van der Waals surface area contributed by atoms with Gasteiger partial charge in [-0.15, -0.1) is 0 Å². The number of ether oxygens (including phenoxy) is 1. The molecule has 1 aliphatic rings. The minimum absolute atomic E-state index is 0.223. The van der Waals surface area contributed by atoms with E-state index in [2.05, 4.69) is 34.0 Å². The third-order valence-corrected chi connectivity index (χ3v) is 3.66. The van der Waals surface area contributed by atoms with Crippen LogP contribution in [0.4, 0.5) is 5.82 Å². The minimum Gasteiger partial charge on any atom is -0.489 e. The third-order valence-electron chi connectivity index (χ3n) is 3.66.